The van der Waals surface area contributed by atoms with Crippen LogP contribution >= 0.6 is 0 Å². The Morgan fingerprint density at radius 1 is 1.38 bits per heavy atom. The van der Waals surface area contributed by atoms with Gasteiger partial charge in [0.15, 0.2) is 0 Å². The van der Waals surface area contributed by atoms with Gasteiger partial charge in [0.05, 0.1) is 5.41 Å². The molecule has 2 fully saturated rings. The molecule has 0 bridgehead atoms. The minimum absolute atomic E-state index is 0.0926. The molecule has 0 spiro atoms. The van der Waals surface area contributed by atoms with E-state index < -0.39 is 23.5 Å². The molecule has 1 amide bonds. The van der Waals surface area contributed by atoms with Gasteiger partial charge in [-0.15, -0.1) is 0 Å². The van der Waals surface area contributed by atoms with Crippen LogP contribution in [0.25, 0.3) is 0 Å². The Labute approximate surface area is 89.0 Å². The first-order valence-electron chi connectivity index (χ1n) is 4.87. The molecule has 0 aromatic carbocycles. The second-order valence-corrected chi connectivity index (χ2v) is 4.38. The van der Waals surface area contributed by atoms with Gasteiger partial charge >= 0.3 is 18.1 Å². The fourth-order valence-electron chi connectivity index (χ4n) is 2.53. The average molecular weight is 237 g/mol. The zero-order chi connectivity index (χ0) is 12.1. The molecule has 2 atom stereocenters. The summed E-state index contributed by atoms with van der Waals surface area (Å²) in [6.07, 6.45) is -3.98. The lowest BCUT2D eigenvalue weighted by atomic mass is 9.62. The van der Waals surface area contributed by atoms with Gasteiger partial charge in [0.1, 0.15) is 0 Å². The summed E-state index contributed by atoms with van der Waals surface area (Å²) in [6, 6.07) is 0. The fraction of sp³-hybridized carbons (Fsp3) is 0.778. The molecule has 1 aliphatic heterocycles. The number of carboxylic acids is 1. The summed E-state index contributed by atoms with van der Waals surface area (Å²) in [6.45, 7) is -0.407. The molecule has 1 aliphatic carbocycles. The summed E-state index contributed by atoms with van der Waals surface area (Å²) in [4.78, 5) is 22.6. The molecule has 7 heteroatoms. The third-order valence-electron chi connectivity index (χ3n) is 3.59. The zero-order valence-electron chi connectivity index (χ0n) is 8.25. The molecule has 0 unspecified atom stereocenters. The molecule has 0 aromatic rings. The number of likely N-dealkylation sites (tertiary alicyclic amines) is 1. The topological polar surface area (TPSA) is 57.6 Å². The van der Waals surface area contributed by atoms with Crippen LogP contribution in [0.1, 0.15) is 12.8 Å². The summed E-state index contributed by atoms with van der Waals surface area (Å²) < 4.78 is 36.5. The van der Waals surface area contributed by atoms with Gasteiger partial charge in [-0.1, -0.05) is 0 Å². The molecule has 1 heterocycles. The first-order chi connectivity index (χ1) is 7.27. The molecule has 4 nitrogen and oxygen atoms in total. The van der Waals surface area contributed by atoms with Crippen LogP contribution in [0.2, 0.25) is 0 Å². The van der Waals surface area contributed by atoms with Gasteiger partial charge < -0.3 is 10.0 Å². The normalized spacial score (nSPS) is 33.2. The van der Waals surface area contributed by atoms with Gasteiger partial charge in [0.2, 0.25) is 0 Å². The van der Waals surface area contributed by atoms with E-state index in [-0.39, 0.29) is 19.0 Å². The molecular weight excluding hydrogens is 227 g/mol. The number of nitrogens with zero attached hydrogens (tertiary/aromatic N) is 1. The van der Waals surface area contributed by atoms with Crippen LogP contribution in [0.15, 0.2) is 0 Å². The maximum absolute atomic E-state index is 12.2. The quantitative estimate of drug-likeness (QED) is 0.736. The van der Waals surface area contributed by atoms with Crippen LogP contribution in [-0.2, 0) is 9.59 Å². The predicted molar refractivity (Wildman–Crippen MR) is 45.4 cm³/mol. The standard InChI is InChI=1S/C9H10F3NO3/c10-9(11,12)6(14)13-3-5-1-2-8(5,4-13)7(15)16/h5H,1-4H2,(H,15,16)/t5-,8-/m0/s1. The van der Waals surface area contributed by atoms with Crippen molar-refractivity contribution in [3.63, 3.8) is 0 Å². The van der Waals surface area contributed by atoms with Gasteiger partial charge in [0.25, 0.3) is 0 Å². The summed E-state index contributed by atoms with van der Waals surface area (Å²) in [5, 5.41) is 8.98. The highest BCUT2D eigenvalue weighted by Crippen LogP contribution is 2.52. The first-order valence-corrected chi connectivity index (χ1v) is 4.87. The Morgan fingerprint density at radius 2 is 2.00 bits per heavy atom. The van der Waals surface area contributed by atoms with Crippen LogP contribution in [0.5, 0.6) is 0 Å². The van der Waals surface area contributed by atoms with E-state index in [1.54, 1.807) is 0 Å². The summed E-state index contributed by atoms with van der Waals surface area (Å²) >= 11 is 0. The number of aliphatic carboxylic acids is 1. The fourth-order valence-corrected chi connectivity index (χ4v) is 2.53. The molecule has 2 rings (SSSR count). The number of fused-ring (bicyclic) bond motifs is 1. The minimum Gasteiger partial charge on any atom is -0.481 e. The average Bonchev–Trinajstić information content (AvgIpc) is 2.37. The van der Waals surface area contributed by atoms with E-state index in [0.29, 0.717) is 17.7 Å². The Hall–Kier alpha value is -1.27. The number of alkyl halides is 3. The monoisotopic (exact) mass is 237 g/mol. The lowest BCUT2D eigenvalue weighted by Gasteiger charge is -2.39. The zero-order valence-corrected chi connectivity index (χ0v) is 8.25. The van der Waals surface area contributed by atoms with Crippen molar-refractivity contribution >= 4 is 11.9 Å². The Balaban J connectivity index is 2.14. The van der Waals surface area contributed by atoms with E-state index in [2.05, 4.69) is 0 Å². The highest BCUT2D eigenvalue weighted by Gasteiger charge is 2.61. The lowest BCUT2D eigenvalue weighted by molar-refractivity contribution is -0.185. The number of carbonyl (C=O) groups excluding carboxylic acids is 1. The smallest absolute Gasteiger partial charge is 0.471 e. The maximum Gasteiger partial charge on any atom is 0.471 e. The van der Waals surface area contributed by atoms with Crippen molar-refractivity contribution < 1.29 is 27.9 Å². The highest BCUT2D eigenvalue weighted by molar-refractivity contribution is 5.85. The maximum atomic E-state index is 12.2. The van der Waals surface area contributed by atoms with E-state index >= 15 is 0 Å². The van der Waals surface area contributed by atoms with Crippen molar-refractivity contribution in [3.05, 3.63) is 0 Å². The molecule has 1 saturated carbocycles. The number of hydrogen-bond acceptors (Lipinski definition) is 2. The Kier molecular flexibility index (Phi) is 2.18. The third-order valence-corrected chi connectivity index (χ3v) is 3.59. The molecule has 90 valence electrons. The van der Waals surface area contributed by atoms with Crippen LogP contribution in [0, 0.1) is 11.3 Å². The van der Waals surface area contributed by atoms with Crippen LogP contribution < -0.4 is 0 Å². The molecule has 2 aliphatic rings. The van der Waals surface area contributed by atoms with Crippen LogP contribution in [0.3, 0.4) is 0 Å². The summed E-state index contributed by atoms with van der Waals surface area (Å²) in [5.41, 5.74) is -1.12. The van der Waals surface area contributed by atoms with Crippen LogP contribution in [-0.4, -0.2) is 41.1 Å². The Bertz CT molecular complexity index is 354. The molecule has 0 radical (unpaired) electrons. The number of amides is 1. The molecular formula is C9H10F3NO3. The molecule has 1 N–H and O–H groups in total. The predicted octanol–water partition coefficient (Wildman–Crippen LogP) is 0.872. The van der Waals surface area contributed by atoms with Crippen molar-refractivity contribution in [2.24, 2.45) is 11.3 Å². The number of carboxylic acid groups (broad SMARTS) is 1. The number of rotatable bonds is 1. The summed E-state index contributed by atoms with van der Waals surface area (Å²) in [5.74, 6) is -3.35. The van der Waals surface area contributed by atoms with E-state index in [0.717, 1.165) is 0 Å². The highest BCUT2D eigenvalue weighted by atomic mass is 19.4. The van der Waals surface area contributed by atoms with Crippen molar-refractivity contribution in [2.75, 3.05) is 13.1 Å². The van der Waals surface area contributed by atoms with E-state index in [9.17, 15) is 22.8 Å². The van der Waals surface area contributed by atoms with Gasteiger partial charge in [-0.25, -0.2) is 0 Å². The van der Waals surface area contributed by atoms with Crippen molar-refractivity contribution in [2.45, 2.75) is 19.0 Å². The SMILES string of the molecule is O=C(N1C[C@@H]2CC[C@]2(C(=O)O)C1)C(F)(F)F. The van der Waals surface area contributed by atoms with E-state index in [4.69, 9.17) is 5.11 Å². The van der Waals surface area contributed by atoms with Crippen molar-refractivity contribution in [1.29, 1.82) is 0 Å². The van der Waals surface area contributed by atoms with Crippen molar-refractivity contribution in [1.82, 2.24) is 4.90 Å². The molecule has 16 heavy (non-hydrogen) atoms. The van der Waals surface area contributed by atoms with Gasteiger partial charge in [0, 0.05) is 13.1 Å². The largest absolute Gasteiger partial charge is 0.481 e. The number of halogens is 3. The van der Waals surface area contributed by atoms with Gasteiger partial charge in [-0.3, -0.25) is 9.59 Å². The Morgan fingerprint density at radius 3 is 2.31 bits per heavy atom. The van der Waals surface area contributed by atoms with Gasteiger partial charge in [-0.2, -0.15) is 13.2 Å². The van der Waals surface area contributed by atoms with E-state index in [1.165, 1.54) is 0 Å². The second kappa shape index (κ2) is 3.11. The second-order valence-electron chi connectivity index (χ2n) is 4.38. The summed E-state index contributed by atoms with van der Waals surface area (Å²) in [7, 11) is 0. The molecule has 0 aromatic heterocycles. The minimum atomic E-state index is -4.91. The first kappa shape index (κ1) is 11.2. The number of hydrogen-bond donors (Lipinski definition) is 1. The third kappa shape index (κ3) is 1.37. The van der Waals surface area contributed by atoms with Crippen molar-refractivity contribution in [3.8, 4) is 0 Å². The molecule has 1 saturated heterocycles. The van der Waals surface area contributed by atoms with E-state index in [1.807, 2.05) is 0 Å². The van der Waals surface area contributed by atoms with Crippen LogP contribution in [0.4, 0.5) is 13.2 Å². The lowest BCUT2D eigenvalue weighted by Crippen LogP contribution is -2.47. The van der Waals surface area contributed by atoms with Gasteiger partial charge in [-0.05, 0) is 18.8 Å². The number of carbonyl (C=O) groups is 2.